The maximum atomic E-state index is 12.5. The number of anilines is 1. The molecule has 0 unspecified atom stereocenters. The lowest BCUT2D eigenvalue weighted by atomic mass is 10.0. The zero-order valence-electron chi connectivity index (χ0n) is 15.9. The number of sulfonamides is 1. The number of nitrogens with one attached hydrogen (secondary N) is 2. The second kappa shape index (κ2) is 8.51. The third-order valence-electron chi connectivity index (χ3n) is 4.85. The second-order valence-electron chi connectivity index (χ2n) is 7.16. The van der Waals surface area contributed by atoms with Crippen molar-refractivity contribution in [3.05, 3.63) is 58.6 Å². The van der Waals surface area contributed by atoms with Crippen LogP contribution < -0.4 is 10.0 Å². The van der Waals surface area contributed by atoms with Crippen molar-refractivity contribution in [1.82, 2.24) is 10.2 Å². The van der Waals surface area contributed by atoms with Gasteiger partial charge in [0, 0.05) is 6.04 Å². The van der Waals surface area contributed by atoms with Gasteiger partial charge in [-0.25, -0.2) is 8.42 Å². The molecule has 1 fully saturated rings. The summed E-state index contributed by atoms with van der Waals surface area (Å²) in [5.41, 5.74) is 1.61. The monoisotopic (exact) mass is 421 g/mol. The highest BCUT2D eigenvalue weighted by molar-refractivity contribution is 7.92. The van der Waals surface area contributed by atoms with Gasteiger partial charge in [0.05, 0.1) is 21.2 Å². The Balaban J connectivity index is 1.69. The van der Waals surface area contributed by atoms with Crippen molar-refractivity contribution in [2.75, 3.05) is 24.9 Å². The molecule has 0 bridgehead atoms. The molecule has 0 spiro atoms. The Morgan fingerprint density at radius 3 is 2.36 bits per heavy atom. The van der Waals surface area contributed by atoms with Gasteiger partial charge < -0.3 is 10.2 Å². The number of hydrogen-bond donors (Lipinski definition) is 2. The minimum absolute atomic E-state index is 0.125. The fourth-order valence-electron chi connectivity index (χ4n) is 3.11. The van der Waals surface area contributed by atoms with Crippen molar-refractivity contribution in [2.24, 2.45) is 0 Å². The number of hydrogen-bond acceptors (Lipinski definition) is 4. The van der Waals surface area contributed by atoms with Crippen LogP contribution in [0.25, 0.3) is 0 Å². The van der Waals surface area contributed by atoms with E-state index in [1.807, 2.05) is 6.92 Å². The molecule has 0 aromatic heterocycles. The van der Waals surface area contributed by atoms with Crippen molar-refractivity contribution in [1.29, 1.82) is 0 Å². The van der Waals surface area contributed by atoms with Crippen LogP contribution in [0.4, 0.5) is 5.69 Å². The Hall–Kier alpha value is -2.09. The van der Waals surface area contributed by atoms with Crippen LogP contribution in [-0.2, 0) is 10.0 Å². The van der Waals surface area contributed by atoms with Crippen LogP contribution in [-0.4, -0.2) is 45.4 Å². The SMILES string of the molecule is Cc1ccc(S(=O)(=O)Nc2ccc(C(=O)NC3CCN(C)CC3)c(Cl)c2)cc1. The number of amides is 1. The Bertz CT molecular complexity index is 953. The molecule has 8 heteroatoms. The maximum absolute atomic E-state index is 12.5. The number of aryl methyl sites for hydroxylation is 1. The lowest BCUT2D eigenvalue weighted by Crippen LogP contribution is -2.43. The summed E-state index contributed by atoms with van der Waals surface area (Å²) in [6.45, 7) is 3.77. The van der Waals surface area contributed by atoms with E-state index in [9.17, 15) is 13.2 Å². The van der Waals surface area contributed by atoms with Crippen molar-refractivity contribution in [3.63, 3.8) is 0 Å². The second-order valence-corrected chi connectivity index (χ2v) is 9.25. The first kappa shape index (κ1) is 20.6. The fraction of sp³-hybridized carbons (Fsp3) is 0.350. The summed E-state index contributed by atoms with van der Waals surface area (Å²) >= 11 is 6.26. The van der Waals surface area contributed by atoms with Crippen molar-refractivity contribution in [3.8, 4) is 0 Å². The molecular formula is C20H24ClN3O3S. The predicted molar refractivity (Wildman–Crippen MR) is 111 cm³/mol. The third-order valence-corrected chi connectivity index (χ3v) is 6.56. The fourth-order valence-corrected chi connectivity index (χ4v) is 4.43. The van der Waals surface area contributed by atoms with Crippen LogP contribution in [0.15, 0.2) is 47.4 Å². The van der Waals surface area contributed by atoms with E-state index in [0.29, 0.717) is 11.3 Å². The number of piperidine rings is 1. The molecule has 2 N–H and O–H groups in total. The molecule has 3 rings (SSSR count). The molecule has 1 saturated heterocycles. The Morgan fingerprint density at radius 2 is 1.75 bits per heavy atom. The van der Waals surface area contributed by atoms with Gasteiger partial charge in [0.15, 0.2) is 0 Å². The van der Waals surface area contributed by atoms with Crippen LogP contribution in [0.2, 0.25) is 5.02 Å². The highest BCUT2D eigenvalue weighted by Crippen LogP contribution is 2.24. The zero-order chi connectivity index (χ0) is 20.3. The lowest BCUT2D eigenvalue weighted by molar-refractivity contribution is 0.0917. The van der Waals surface area contributed by atoms with Gasteiger partial charge >= 0.3 is 0 Å². The number of benzene rings is 2. The minimum atomic E-state index is -3.72. The standard InChI is InChI=1S/C20H24ClN3O3S/c1-14-3-6-17(7-4-14)28(26,27)23-16-5-8-18(19(21)13-16)20(25)22-15-9-11-24(2)12-10-15/h3-8,13,15,23H,9-12H2,1-2H3,(H,22,25). The van der Waals surface area contributed by atoms with Gasteiger partial charge in [0.2, 0.25) is 0 Å². The van der Waals surface area contributed by atoms with E-state index in [0.717, 1.165) is 31.5 Å². The highest BCUT2D eigenvalue weighted by Gasteiger charge is 2.21. The summed E-state index contributed by atoms with van der Waals surface area (Å²) in [7, 11) is -1.66. The number of rotatable bonds is 5. The predicted octanol–water partition coefficient (Wildman–Crippen LogP) is 3.27. The van der Waals surface area contributed by atoms with Crippen molar-refractivity contribution in [2.45, 2.75) is 30.7 Å². The van der Waals surface area contributed by atoms with Gasteiger partial charge in [-0.3, -0.25) is 9.52 Å². The molecule has 0 atom stereocenters. The van der Waals surface area contributed by atoms with Crippen LogP contribution in [0.3, 0.4) is 0 Å². The summed E-state index contributed by atoms with van der Waals surface area (Å²) in [4.78, 5) is 14.9. The first-order valence-electron chi connectivity index (χ1n) is 9.13. The Labute approximate surface area is 170 Å². The van der Waals surface area contributed by atoms with Gasteiger partial charge in [-0.15, -0.1) is 0 Å². The molecule has 1 heterocycles. The van der Waals surface area contributed by atoms with E-state index in [4.69, 9.17) is 11.6 Å². The molecule has 1 aliphatic heterocycles. The molecule has 6 nitrogen and oxygen atoms in total. The first-order valence-corrected chi connectivity index (χ1v) is 11.0. The maximum Gasteiger partial charge on any atom is 0.261 e. The molecule has 2 aromatic carbocycles. The van der Waals surface area contributed by atoms with Gasteiger partial charge in [0.25, 0.3) is 15.9 Å². The number of halogens is 1. The molecule has 0 saturated carbocycles. The molecular weight excluding hydrogens is 398 g/mol. The van der Waals surface area contributed by atoms with Gasteiger partial charge in [-0.05, 0) is 70.2 Å². The summed E-state index contributed by atoms with van der Waals surface area (Å²) in [6, 6.07) is 11.2. The van der Waals surface area contributed by atoms with Gasteiger partial charge in [0.1, 0.15) is 0 Å². The number of nitrogens with zero attached hydrogens (tertiary/aromatic N) is 1. The number of carbonyl (C=O) groups excluding carboxylic acids is 1. The molecule has 1 amide bonds. The normalized spacial score (nSPS) is 16.0. The van der Waals surface area contributed by atoms with E-state index < -0.39 is 10.0 Å². The van der Waals surface area contributed by atoms with E-state index in [1.54, 1.807) is 36.4 Å². The molecule has 28 heavy (non-hydrogen) atoms. The third kappa shape index (κ3) is 5.04. The molecule has 0 radical (unpaired) electrons. The van der Waals surface area contributed by atoms with E-state index in [-0.39, 0.29) is 21.9 Å². The quantitative estimate of drug-likeness (QED) is 0.776. The average Bonchev–Trinajstić information content (AvgIpc) is 2.63. The van der Waals surface area contributed by atoms with Gasteiger partial charge in [-0.2, -0.15) is 0 Å². The molecule has 1 aliphatic rings. The summed E-state index contributed by atoms with van der Waals surface area (Å²) in [5.74, 6) is -0.243. The van der Waals surface area contributed by atoms with Crippen LogP contribution in [0.1, 0.15) is 28.8 Å². The smallest absolute Gasteiger partial charge is 0.261 e. The Kier molecular flexibility index (Phi) is 6.27. The largest absolute Gasteiger partial charge is 0.349 e. The first-order chi connectivity index (χ1) is 13.2. The number of likely N-dealkylation sites (tertiary alicyclic amines) is 1. The minimum Gasteiger partial charge on any atom is -0.349 e. The molecule has 150 valence electrons. The van der Waals surface area contributed by atoms with E-state index in [1.165, 1.54) is 6.07 Å². The van der Waals surface area contributed by atoms with Crippen LogP contribution >= 0.6 is 11.6 Å². The average molecular weight is 422 g/mol. The molecule has 0 aliphatic carbocycles. The Morgan fingerprint density at radius 1 is 1.11 bits per heavy atom. The van der Waals surface area contributed by atoms with Crippen LogP contribution in [0.5, 0.6) is 0 Å². The zero-order valence-corrected chi connectivity index (χ0v) is 17.5. The van der Waals surface area contributed by atoms with Crippen molar-refractivity contribution >= 4 is 33.2 Å². The van der Waals surface area contributed by atoms with Gasteiger partial charge in [-0.1, -0.05) is 29.3 Å². The lowest BCUT2D eigenvalue weighted by Gasteiger charge is -2.29. The van der Waals surface area contributed by atoms with E-state index >= 15 is 0 Å². The topological polar surface area (TPSA) is 78.5 Å². The van der Waals surface area contributed by atoms with Crippen LogP contribution in [0, 0.1) is 6.92 Å². The number of carbonyl (C=O) groups is 1. The summed E-state index contributed by atoms with van der Waals surface area (Å²) in [5, 5.41) is 3.21. The van der Waals surface area contributed by atoms with Crippen molar-refractivity contribution < 1.29 is 13.2 Å². The summed E-state index contributed by atoms with van der Waals surface area (Å²) in [6.07, 6.45) is 1.79. The van der Waals surface area contributed by atoms with E-state index in [2.05, 4.69) is 22.0 Å². The highest BCUT2D eigenvalue weighted by atomic mass is 35.5. The molecule has 2 aromatic rings. The summed E-state index contributed by atoms with van der Waals surface area (Å²) < 4.78 is 27.5.